The number of hydrogen-bond acceptors (Lipinski definition) is 1. The topological polar surface area (TPSA) is 3.24 Å². The predicted molar refractivity (Wildman–Crippen MR) is 210 cm³/mol. The van der Waals surface area contributed by atoms with Gasteiger partial charge < -0.3 is 4.90 Å². The molecule has 0 radical (unpaired) electrons. The first-order valence-electron chi connectivity index (χ1n) is 16.9. The maximum Gasteiger partial charge on any atom is 0.0546 e. The molecule has 0 aliphatic heterocycles. The standard InChI is InChI=1S/C48H33N/c1-3-14-36(15-4-1)47-32-37(28-31-45(47)43-25-13-18-35-16-7-9-21-41(35)43)34-26-29-40(30-27-34)49(39-19-5-2-6-20-39)48-33-38-17-8-10-22-42(38)44-23-11-12-24-46(44)48/h1-33H. The molecular weight excluding hydrogens is 591 g/mol. The molecule has 0 heterocycles. The van der Waals surface area contributed by atoms with E-state index in [1.807, 2.05) is 0 Å². The van der Waals surface area contributed by atoms with Crippen LogP contribution in [-0.2, 0) is 0 Å². The average molecular weight is 624 g/mol. The van der Waals surface area contributed by atoms with Crippen LogP contribution in [-0.4, -0.2) is 0 Å². The zero-order valence-corrected chi connectivity index (χ0v) is 27.0. The van der Waals surface area contributed by atoms with Crippen LogP contribution in [0.25, 0.3) is 65.7 Å². The van der Waals surface area contributed by atoms with Crippen molar-refractivity contribution in [3.8, 4) is 33.4 Å². The van der Waals surface area contributed by atoms with Crippen LogP contribution in [0.3, 0.4) is 0 Å². The number of fused-ring (bicyclic) bond motifs is 4. The van der Waals surface area contributed by atoms with Crippen molar-refractivity contribution in [3.05, 3.63) is 200 Å². The molecule has 0 unspecified atom stereocenters. The Bertz CT molecular complexity index is 2580. The fourth-order valence-corrected chi connectivity index (χ4v) is 7.30. The van der Waals surface area contributed by atoms with Gasteiger partial charge in [0.05, 0.1) is 5.69 Å². The molecule has 9 aromatic carbocycles. The SMILES string of the molecule is c1ccc(-c2cc(-c3ccc(N(c4ccccc4)c4cc5ccccc5c5ccccc45)cc3)ccc2-c2cccc3ccccc23)cc1. The minimum Gasteiger partial charge on any atom is -0.310 e. The van der Waals surface area contributed by atoms with Gasteiger partial charge in [-0.2, -0.15) is 0 Å². The van der Waals surface area contributed by atoms with E-state index in [0.29, 0.717) is 0 Å². The highest BCUT2D eigenvalue weighted by Gasteiger charge is 2.18. The van der Waals surface area contributed by atoms with Crippen molar-refractivity contribution in [2.45, 2.75) is 0 Å². The lowest BCUT2D eigenvalue weighted by Crippen LogP contribution is -2.10. The third kappa shape index (κ3) is 5.23. The Labute approximate surface area is 287 Å². The van der Waals surface area contributed by atoms with Gasteiger partial charge in [-0.25, -0.2) is 0 Å². The summed E-state index contributed by atoms with van der Waals surface area (Å²) in [5.41, 5.74) is 10.7. The first-order chi connectivity index (χ1) is 24.3. The zero-order valence-electron chi connectivity index (χ0n) is 27.0. The van der Waals surface area contributed by atoms with E-state index in [9.17, 15) is 0 Å². The Kier molecular flexibility index (Phi) is 7.22. The van der Waals surface area contributed by atoms with Gasteiger partial charge >= 0.3 is 0 Å². The number of anilines is 3. The minimum atomic E-state index is 1.12. The highest BCUT2D eigenvalue weighted by atomic mass is 15.1. The second-order valence-corrected chi connectivity index (χ2v) is 12.5. The van der Waals surface area contributed by atoms with Gasteiger partial charge in [0, 0.05) is 16.8 Å². The lowest BCUT2D eigenvalue weighted by molar-refractivity contribution is 1.30. The molecule has 0 amide bonds. The van der Waals surface area contributed by atoms with E-state index < -0.39 is 0 Å². The van der Waals surface area contributed by atoms with Crippen LogP contribution in [0.2, 0.25) is 0 Å². The van der Waals surface area contributed by atoms with Crippen LogP contribution in [0.1, 0.15) is 0 Å². The Morgan fingerprint density at radius 1 is 0.265 bits per heavy atom. The average Bonchev–Trinajstić information content (AvgIpc) is 3.19. The fourth-order valence-electron chi connectivity index (χ4n) is 7.30. The van der Waals surface area contributed by atoms with Crippen molar-refractivity contribution in [3.63, 3.8) is 0 Å². The quantitative estimate of drug-likeness (QED) is 0.167. The summed E-state index contributed by atoms with van der Waals surface area (Å²) in [5.74, 6) is 0. The molecule has 0 aliphatic rings. The number of nitrogens with zero attached hydrogens (tertiary/aromatic N) is 1. The predicted octanol–water partition coefficient (Wildman–Crippen LogP) is 13.6. The molecule has 0 saturated heterocycles. The van der Waals surface area contributed by atoms with Gasteiger partial charge in [0.1, 0.15) is 0 Å². The number of hydrogen-bond donors (Lipinski definition) is 0. The van der Waals surface area contributed by atoms with Crippen LogP contribution >= 0.6 is 0 Å². The van der Waals surface area contributed by atoms with Crippen LogP contribution in [0, 0.1) is 0 Å². The van der Waals surface area contributed by atoms with Crippen LogP contribution in [0.4, 0.5) is 17.1 Å². The van der Waals surface area contributed by atoms with Crippen molar-refractivity contribution < 1.29 is 0 Å². The Morgan fingerprint density at radius 3 is 1.61 bits per heavy atom. The molecule has 0 spiro atoms. The van der Waals surface area contributed by atoms with Crippen LogP contribution in [0.15, 0.2) is 200 Å². The van der Waals surface area contributed by atoms with Gasteiger partial charge in [-0.3, -0.25) is 0 Å². The summed E-state index contributed by atoms with van der Waals surface area (Å²) < 4.78 is 0. The minimum absolute atomic E-state index is 1.12. The molecule has 9 rings (SSSR count). The van der Waals surface area contributed by atoms with Gasteiger partial charge in [0.25, 0.3) is 0 Å². The lowest BCUT2D eigenvalue weighted by Gasteiger charge is -2.27. The van der Waals surface area contributed by atoms with Crippen molar-refractivity contribution in [1.82, 2.24) is 0 Å². The van der Waals surface area contributed by atoms with E-state index >= 15 is 0 Å². The van der Waals surface area contributed by atoms with E-state index in [1.165, 1.54) is 71.4 Å². The summed E-state index contributed by atoms with van der Waals surface area (Å²) in [6.45, 7) is 0. The monoisotopic (exact) mass is 623 g/mol. The highest BCUT2D eigenvalue weighted by molar-refractivity contribution is 6.14. The third-order valence-corrected chi connectivity index (χ3v) is 9.64. The van der Waals surface area contributed by atoms with Crippen molar-refractivity contribution in [2.75, 3.05) is 4.90 Å². The van der Waals surface area contributed by atoms with Crippen molar-refractivity contribution >= 4 is 49.4 Å². The van der Waals surface area contributed by atoms with Gasteiger partial charge in [-0.15, -0.1) is 0 Å². The molecule has 0 fully saturated rings. The summed E-state index contributed by atoms with van der Waals surface area (Å²) in [6, 6.07) is 72.4. The molecule has 0 aliphatic carbocycles. The summed E-state index contributed by atoms with van der Waals surface area (Å²) in [7, 11) is 0. The normalized spacial score (nSPS) is 11.3. The Hall–Kier alpha value is -6.44. The van der Waals surface area contributed by atoms with Gasteiger partial charge in [-0.05, 0) is 96.7 Å². The highest BCUT2D eigenvalue weighted by Crippen LogP contribution is 2.43. The third-order valence-electron chi connectivity index (χ3n) is 9.64. The Balaban J connectivity index is 1.18. The summed E-state index contributed by atoms with van der Waals surface area (Å²) >= 11 is 0. The zero-order chi connectivity index (χ0) is 32.6. The van der Waals surface area contributed by atoms with E-state index in [0.717, 1.165) is 11.4 Å². The number of para-hydroxylation sites is 1. The first kappa shape index (κ1) is 28.8. The van der Waals surface area contributed by atoms with Crippen LogP contribution < -0.4 is 4.90 Å². The number of benzene rings is 9. The fraction of sp³-hybridized carbons (Fsp3) is 0. The first-order valence-corrected chi connectivity index (χ1v) is 16.9. The molecule has 1 heteroatoms. The van der Waals surface area contributed by atoms with E-state index in [1.54, 1.807) is 0 Å². The molecular formula is C48H33N. The molecule has 0 atom stereocenters. The molecule has 230 valence electrons. The van der Waals surface area contributed by atoms with E-state index in [4.69, 9.17) is 0 Å². The molecule has 0 aromatic heterocycles. The van der Waals surface area contributed by atoms with E-state index in [2.05, 4.69) is 205 Å². The Morgan fingerprint density at radius 2 is 0.837 bits per heavy atom. The summed E-state index contributed by atoms with van der Waals surface area (Å²) in [5, 5.41) is 7.50. The van der Waals surface area contributed by atoms with Crippen molar-refractivity contribution in [1.29, 1.82) is 0 Å². The molecule has 0 N–H and O–H groups in total. The van der Waals surface area contributed by atoms with Gasteiger partial charge in [-0.1, -0.05) is 164 Å². The summed E-state index contributed by atoms with van der Waals surface area (Å²) in [6.07, 6.45) is 0. The van der Waals surface area contributed by atoms with E-state index in [-0.39, 0.29) is 0 Å². The van der Waals surface area contributed by atoms with Crippen LogP contribution in [0.5, 0.6) is 0 Å². The van der Waals surface area contributed by atoms with Gasteiger partial charge in [0.15, 0.2) is 0 Å². The number of rotatable bonds is 6. The second-order valence-electron chi connectivity index (χ2n) is 12.5. The lowest BCUT2D eigenvalue weighted by atomic mass is 9.89. The molecule has 1 nitrogen and oxygen atoms in total. The molecule has 0 saturated carbocycles. The van der Waals surface area contributed by atoms with Crippen molar-refractivity contribution in [2.24, 2.45) is 0 Å². The van der Waals surface area contributed by atoms with Gasteiger partial charge in [0.2, 0.25) is 0 Å². The molecule has 0 bridgehead atoms. The summed E-state index contributed by atoms with van der Waals surface area (Å²) in [4.78, 5) is 2.39. The second kappa shape index (κ2) is 12.3. The maximum absolute atomic E-state index is 2.39. The maximum atomic E-state index is 2.39. The molecule has 49 heavy (non-hydrogen) atoms. The molecule has 9 aromatic rings. The largest absolute Gasteiger partial charge is 0.310 e. The smallest absolute Gasteiger partial charge is 0.0546 e.